The van der Waals surface area contributed by atoms with Gasteiger partial charge in [0.25, 0.3) is 11.6 Å². The number of hydrogen-bond donors (Lipinski definition) is 1. The van der Waals surface area contributed by atoms with E-state index in [1.165, 1.54) is 17.9 Å². The number of nitrogens with zero attached hydrogens (tertiary/aromatic N) is 2. The maximum absolute atomic E-state index is 12.4. The SMILES string of the molecule is CC(=O)c1ccc(NC(=O)COC(=O)[C@@H]2CC(=O)N(c3ccc(C)c([N+](=O)[O-])c3)C2)cc1. The molecule has 1 atom stereocenters. The van der Waals surface area contributed by atoms with Crippen molar-refractivity contribution in [2.75, 3.05) is 23.4 Å². The van der Waals surface area contributed by atoms with E-state index < -0.39 is 29.3 Å². The third-order valence-electron chi connectivity index (χ3n) is 5.08. The van der Waals surface area contributed by atoms with E-state index in [-0.39, 0.29) is 30.3 Å². The van der Waals surface area contributed by atoms with Gasteiger partial charge in [-0.05, 0) is 44.2 Å². The lowest BCUT2D eigenvalue weighted by Crippen LogP contribution is -2.28. The minimum Gasteiger partial charge on any atom is -0.455 e. The molecule has 0 saturated carbocycles. The van der Waals surface area contributed by atoms with Gasteiger partial charge in [-0.2, -0.15) is 0 Å². The predicted octanol–water partition coefficient (Wildman–Crippen LogP) is 2.64. The van der Waals surface area contributed by atoms with Crippen LogP contribution in [-0.4, -0.2) is 41.6 Å². The molecule has 0 aliphatic carbocycles. The second kappa shape index (κ2) is 9.38. The van der Waals surface area contributed by atoms with Gasteiger partial charge in [-0.1, -0.05) is 6.07 Å². The number of amides is 2. The van der Waals surface area contributed by atoms with E-state index in [2.05, 4.69) is 5.32 Å². The maximum Gasteiger partial charge on any atom is 0.311 e. The van der Waals surface area contributed by atoms with E-state index in [4.69, 9.17) is 4.74 Å². The Balaban J connectivity index is 1.55. The summed E-state index contributed by atoms with van der Waals surface area (Å²) >= 11 is 0. The summed E-state index contributed by atoms with van der Waals surface area (Å²) in [5.41, 5.74) is 1.62. The summed E-state index contributed by atoms with van der Waals surface area (Å²) in [7, 11) is 0. The van der Waals surface area contributed by atoms with Crippen molar-refractivity contribution in [3.8, 4) is 0 Å². The highest BCUT2D eigenvalue weighted by atomic mass is 16.6. The Kier molecular flexibility index (Phi) is 6.62. The van der Waals surface area contributed by atoms with Crippen LogP contribution in [0.15, 0.2) is 42.5 Å². The summed E-state index contributed by atoms with van der Waals surface area (Å²) in [6, 6.07) is 10.7. The molecule has 1 aliphatic heterocycles. The lowest BCUT2D eigenvalue weighted by molar-refractivity contribution is -0.385. The average molecular weight is 439 g/mol. The summed E-state index contributed by atoms with van der Waals surface area (Å²) in [4.78, 5) is 59.9. The number of ether oxygens (including phenoxy) is 1. The van der Waals surface area contributed by atoms with Gasteiger partial charge in [0, 0.05) is 35.8 Å². The second-order valence-electron chi connectivity index (χ2n) is 7.42. The van der Waals surface area contributed by atoms with Crippen LogP contribution in [0.2, 0.25) is 0 Å². The zero-order valence-corrected chi connectivity index (χ0v) is 17.5. The van der Waals surface area contributed by atoms with Crippen LogP contribution < -0.4 is 10.2 Å². The molecule has 0 spiro atoms. The number of carbonyl (C=O) groups is 4. The first-order valence-corrected chi connectivity index (χ1v) is 9.78. The fourth-order valence-corrected chi connectivity index (χ4v) is 3.32. The normalized spacial score (nSPS) is 15.4. The lowest BCUT2D eigenvalue weighted by atomic mass is 10.1. The van der Waals surface area contributed by atoms with Crippen LogP contribution in [0.3, 0.4) is 0 Å². The van der Waals surface area contributed by atoms with Crippen LogP contribution in [-0.2, 0) is 19.1 Å². The molecule has 2 amide bonds. The van der Waals surface area contributed by atoms with Gasteiger partial charge in [-0.15, -0.1) is 0 Å². The molecule has 1 heterocycles. The van der Waals surface area contributed by atoms with Crippen molar-refractivity contribution in [1.29, 1.82) is 0 Å². The van der Waals surface area contributed by atoms with Crippen molar-refractivity contribution in [3.05, 3.63) is 63.7 Å². The van der Waals surface area contributed by atoms with E-state index >= 15 is 0 Å². The second-order valence-corrected chi connectivity index (χ2v) is 7.42. The topological polar surface area (TPSA) is 136 Å². The molecule has 3 rings (SSSR count). The third-order valence-corrected chi connectivity index (χ3v) is 5.08. The largest absolute Gasteiger partial charge is 0.455 e. The fraction of sp³-hybridized carbons (Fsp3) is 0.273. The smallest absolute Gasteiger partial charge is 0.311 e. The first-order chi connectivity index (χ1) is 15.2. The summed E-state index contributed by atoms with van der Waals surface area (Å²) < 4.78 is 5.04. The molecule has 1 aliphatic rings. The third kappa shape index (κ3) is 5.15. The molecule has 0 unspecified atom stereocenters. The van der Waals surface area contributed by atoms with Gasteiger partial charge >= 0.3 is 5.97 Å². The Labute approximate surface area is 183 Å². The fourth-order valence-electron chi connectivity index (χ4n) is 3.32. The molecule has 10 heteroatoms. The Morgan fingerprint density at radius 3 is 2.50 bits per heavy atom. The number of rotatable bonds is 7. The molecule has 1 fully saturated rings. The Hall–Kier alpha value is -4.08. The number of nitrogens with one attached hydrogen (secondary N) is 1. The number of anilines is 2. The van der Waals surface area contributed by atoms with Crippen molar-refractivity contribution < 1.29 is 28.8 Å². The molecule has 0 bridgehead atoms. The van der Waals surface area contributed by atoms with E-state index in [0.29, 0.717) is 22.5 Å². The van der Waals surface area contributed by atoms with Gasteiger partial charge in [0.1, 0.15) is 0 Å². The number of nitro benzene ring substituents is 1. The average Bonchev–Trinajstić information content (AvgIpc) is 3.14. The van der Waals surface area contributed by atoms with Crippen molar-refractivity contribution in [2.24, 2.45) is 5.92 Å². The number of benzene rings is 2. The Bertz CT molecular complexity index is 1100. The van der Waals surface area contributed by atoms with Gasteiger partial charge in [0.15, 0.2) is 12.4 Å². The zero-order chi connectivity index (χ0) is 23.4. The molecule has 0 aromatic heterocycles. The molecule has 166 valence electrons. The molecule has 2 aromatic rings. The van der Waals surface area contributed by atoms with Crippen LogP contribution in [0.25, 0.3) is 0 Å². The zero-order valence-electron chi connectivity index (χ0n) is 17.5. The van der Waals surface area contributed by atoms with Crippen molar-refractivity contribution in [3.63, 3.8) is 0 Å². The van der Waals surface area contributed by atoms with E-state index in [1.807, 2.05) is 0 Å². The highest BCUT2D eigenvalue weighted by molar-refractivity contribution is 6.00. The minimum absolute atomic E-state index is 0.00596. The van der Waals surface area contributed by atoms with Gasteiger partial charge in [0.2, 0.25) is 5.91 Å². The highest BCUT2D eigenvalue weighted by Gasteiger charge is 2.37. The number of aryl methyl sites for hydroxylation is 1. The minimum atomic E-state index is -0.787. The number of Topliss-reactive ketones (excluding diaryl/α,β-unsaturated/α-hetero) is 1. The van der Waals surface area contributed by atoms with Crippen molar-refractivity contribution in [2.45, 2.75) is 20.3 Å². The molecule has 32 heavy (non-hydrogen) atoms. The lowest BCUT2D eigenvalue weighted by Gasteiger charge is -2.16. The molecule has 10 nitrogen and oxygen atoms in total. The van der Waals surface area contributed by atoms with Crippen molar-refractivity contribution >= 4 is 40.6 Å². The van der Waals surface area contributed by atoms with E-state index in [0.717, 1.165) is 0 Å². The van der Waals surface area contributed by atoms with Crippen LogP contribution in [0, 0.1) is 23.0 Å². The van der Waals surface area contributed by atoms with Gasteiger partial charge in [-0.3, -0.25) is 29.3 Å². The summed E-state index contributed by atoms with van der Waals surface area (Å²) in [6.07, 6.45) is -0.116. The first kappa shape index (κ1) is 22.6. The van der Waals surface area contributed by atoms with Crippen LogP contribution >= 0.6 is 0 Å². The summed E-state index contributed by atoms with van der Waals surface area (Å²) in [5, 5.41) is 13.7. The van der Waals surface area contributed by atoms with E-state index in [1.54, 1.807) is 43.3 Å². The summed E-state index contributed by atoms with van der Waals surface area (Å²) in [5.74, 6) is -2.52. The number of ketones is 1. The summed E-state index contributed by atoms with van der Waals surface area (Å²) in [6.45, 7) is 2.50. The molecular formula is C22H21N3O7. The molecule has 0 radical (unpaired) electrons. The standard InChI is InChI=1S/C22H21N3O7/c1-13-3-8-18(10-19(13)25(30)31)24-11-16(9-21(24)28)22(29)32-12-20(27)23-17-6-4-15(5-7-17)14(2)26/h3-8,10,16H,9,11-12H2,1-2H3,(H,23,27)/t16-/m1/s1. The quantitative estimate of drug-likeness (QED) is 0.303. The monoisotopic (exact) mass is 439 g/mol. The van der Waals surface area contributed by atoms with E-state index in [9.17, 15) is 29.3 Å². The van der Waals surface area contributed by atoms with Gasteiger partial charge in [0.05, 0.1) is 16.5 Å². The van der Waals surface area contributed by atoms with Crippen LogP contribution in [0.1, 0.15) is 29.3 Å². The number of carbonyl (C=O) groups excluding carboxylic acids is 4. The van der Waals surface area contributed by atoms with Crippen LogP contribution in [0.5, 0.6) is 0 Å². The van der Waals surface area contributed by atoms with Gasteiger partial charge in [-0.25, -0.2) is 0 Å². The molecular weight excluding hydrogens is 418 g/mol. The highest BCUT2D eigenvalue weighted by Crippen LogP contribution is 2.30. The van der Waals surface area contributed by atoms with Gasteiger partial charge < -0.3 is 15.0 Å². The first-order valence-electron chi connectivity index (χ1n) is 9.78. The number of esters is 1. The Morgan fingerprint density at radius 1 is 1.19 bits per heavy atom. The van der Waals surface area contributed by atoms with Crippen LogP contribution in [0.4, 0.5) is 17.1 Å². The predicted molar refractivity (Wildman–Crippen MR) is 114 cm³/mol. The molecule has 2 aromatic carbocycles. The molecule has 1 saturated heterocycles. The maximum atomic E-state index is 12.4. The molecule has 1 N–H and O–H groups in total. The Morgan fingerprint density at radius 2 is 1.88 bits per heavy atom. The van der Waals surface area contributed by atoms with Crippen molar-refractivity contribution in [1.82, 2.24) is 0 Å². The number of nitro groups is 1. The number of hydrogen-bond acceptors (Lipinski definition) is 7.